The number of rotatable bonds is 12. The minimum Gasteiger partial charge on any atom is -0.484 e. The van der Waals surface area contributed by atoms with Crippen LogP contribution in [0.2, 0.25) is 0 Å². The van der Waals surface area contributed by atoms with E-state index in [1.54, 1.807) is 32.3 Å². The molecule has 3 aromatic carbocycles. The molecule has 242 valence electrons. The van der Waals surface area contributed by atoms with E-state index >= 15 is 0 Å². The Morgan fingerprint density at radius 2 is 1.80 bits per heavy atom. The highest BCUT2D eigenvalue weighted by molar-refractivity contribution is 7.91. The molecule has 0 aliphatic carbocycles. The minimum absolute atomic E-state index is 0.0548. The molecular weight excluding hydrogens is 613 g/mol. The first-order chi connectivity index (χ1) is 22.0. The highest BCUT2D eigenvalue weighted by Crippen LogP contribution is 2.39. The number of hydrogen-bond acceptors (Lipinski definition) is 7. The number of nitrogens with one attached hydrogen (secondary N) is 2. The highest BCUT2D eigenvalue weighted by Gasteiger charge is 2.29. The summed E-state index contributed by atoms with van der Waals surface area (Å²) < 4.78 is 51.4. The van der Waals surface area contributed by atoms with Gasteiger partial charge in [0.15, 0.2) is 16.4 Å². The normalized spacial score (nSPS) is 14.0. The number of amides is 2. The first kappa shape index (κ1) is 32.7. The number of carbonyl (C=O) groups excluding carboxylic acids is 3. The molecule has 5 rings (SSSR count). The topological polar surface area (TPSA) is 135 Å². The van der Waals surface area contributed by atoms with Crippen LogP contribution in [-0.4, -0.2) is 68.6 Å². The smallest absolute Gasteiger partial charge is 0.306 e. The molecule has 12 heteroatoms. The molecular formula is C34H36FN3O7S. The Labute approximate surface area is 266 Å². The maximum atomic E-state index is 14.0. The number of aryl methyl sites for hydroxylation is 1. The molecule has 0 radical (unpaired) electrons. The largest absolute Gasteiger partial charge is 0.484 e. The molecule has 1 aliphatic rings. The molecule has 2 heterocycles. The molecule has 10 nitrogen and oxygen atoms in total. The maximum absolute atomic E-state index is 14.0. The highest BCUT2D eigenvalue weighted by atomic mass is 32.2. The minimum atomic E-state index is -3.71. The van der Waals surface area contributed by atoms with Crippen LogP contribution in [0, 0.1) is 5.82 Å². The number of hydrogen-bond donors (Lipinski definition) is 2. The summed E-state index contributed by atoms with van der Waals surface area (Å²) in [6.07, 6.45) is 1.68. The van der Waals surface area contributed by atoms with Crippen LogP contribution < -0.4 is 10.1 Å². The van der Waals surface area contributed by atoms with E-state index in [9.17, 15) is 27.2 Å². The van der Waals surface area contributed by atoms with Gasteiger partial charge in [-0.2, -0.15) is 0 Å². The summed E-state index contributed by atoms with van der Waals surface area (Å²) in [5.74, 6) is -1.59. The Balaban J connectivity index is 1.18. The molecule has 2 N–H and O–H groups in total. The van der Waals surface area contributed by atoms with Crippen LogP contribution in [0.5, 0.6) is 5.75 Å². The summed E-state index contributed by atoms with van der Waals surface area (Å²) in [4.78, 5) is 42.4. The lowest BCUT2D eigenvalue weighted by atomic mass is 10.0. The molecule has 1 unspecified atom stereocenters. The number of esters is 1. The van der Waals surface area contributed by atoms with Gasteiger partial charge in [-0.05, 0) is 66.8 Å². The number of ether oxygens (including phenoxy) is 2. The van der Waals surface area contributed by atoms with Gasteiger partial charge in [0.1, 0.15) is 24.2 Å². The third-order valence-corrected chi connectivity index (χ3v) is 9.61. The van der Waals surface area contributed by atoms with Crippen molar-refractivity contribution in [3.8, 4) is 17.0 Å². The molecule has 1 aromatic heterocycles. The van der Waals surface area contributed by atoms with Gasteiger partial charge in [0, 0.05) is 37.0 Å². The Bertz CT molecular complexity index is 1860. The summed E-state index contributed by atoms with van der Waals surface area (Å²) in [5, 5.41) is 3.34. The van der Waals surface area contributed by atoms with Crippen LogP contribution in [0.25, 0.3) is 22.2 Å². The van der Waals surface area contributed by atoms with Crippen LogP contribution in [0.1, 0.15) is 36.8 Å². The van der Waals surface area contributed by atoms with Crippen molar-refractivity contribution in [1.29, 1.82) is 0 Å². The number of nitrogens with zero attached hydrogens (tertiary/aromatic N) is 1. The van der Waals surface area contributed by atoms with Crippen molar-refractivity contribution in [2.45, 2.75) is 49.6 Å². The molecule has 0 saturated carbocycles. The van der Waals surface area contributed by atoms with Gasteiger partial charge < -0.3 is 24.7 Å². The summed E-state index contributed by atoms with van der Waals surface area (Å²) in [7, 11) is -0.535. The van der Waals surface area contributed by atoms with E-state index in [1.807, 2.05) is 30.3 Å². The summed E-state index contributed by atoms with van der Waals surface area (Å²) in [6.45, 7) is -0.252. The second kappa shape index (κ2) is 14.2. The second-order valence-electron chi connectivity index (χ2n) is 11.4. The number of aromatic nitrogens is 1. The van der Waals surface area contributed by atoms with Crippen molar-refractivity contribution in [3.63, 3.8) is 0 Å². The first-order valence-corrected chi connectivity index (χ1v) is 16.7. The van der Waals surface area contributed by atoms with Gasteiger partial charge in [0.05, 0.1) is 16.3 Å². The van der Waals surface area contributed by atoms with E-state index < -0.39 is 34.2 Å². The van der Waals surface area contributed by atoms with E-state index in [0.717, 1.165) is 11.1 Å². The fourth-order valence-electron chi connectivity index (χ4n) is 5.49. The molecule has 46 heavy (non-hydrogen) atoms. The Morgan fingerprint density at radius 3 is 2.57 bits per heavy atom. The Hall–Kier alpha value is -4.71. The van der Waals surface area contributed by atoms with Gasteiger partial charge in [-0.1, -0.05) is 36.8 Å². The number of likely N-dealkylation sites (N-methyl/N-ethyl adjacent to an activating group) is 1. The lowest BCUT2D eigenvalue weighted by molar-refractivity contribution is -0.145. The van der Waals surface area contributed by atoms with Gasteiger partial charge in [0.25, 0.3) is 5.91 Å². The van der Waals surface area contributed by atoms with E-state index in [2.05, 4.69) is 10.3 Å². The molecule has 1 aliphatic heterocycles. The average molecular weight is 650 g/mol. The van der Waals surface area contributed by atoms with Crippen LogP contribution in [0.4, 0.5) is 4.39 Å². The molecule has 0 bridgehead atoms. The number of halogens is 1. The third kappa shape index (κ3) is 7.74. The van der Waals surface area contributed by atoms with Crippen LogP contribution in [0.15, 0.2) is 71.6 Å². The molecule has 2 amide bonds. The summed E-state index contributed by atoms with van der Waals surface area (Å²) in [6, 6.07) is 17.5. The molecule has 4 aromatic rings. The lowest BCUT2D eigenvalue weighted by Gasteiger charge is -2.22. The zero-order valence-corrected chi connectivity index (χ0v) is 26.5. The van der Waals surface area contributed by atoms with E-state index in [-0.39, 0.29) is 47.7 Å². The number of carbonyl (C=O) groups is 3. The Kier molecular flexibility index (Phi) is 10.1. The monoisotopic (exact) mass is 649 g/mol. The van der Waals surface area contributed by atoms with Crippen LogP contribution in [0.3, 0.4) is 0 Å². The van der Waals surface area contributed by atoms with Crippen molar-refractivity contribution in [2.75, 3.05) is 26.5 Å². The van der Waals surface area contributed by atoms with E-state index in [1.165, 1.54) is 23.1 Å². The molecule has 0 spiro atoms. The standard InChI is InChI=1S/C34H36FN3O7S/c1-38(2)34(41)29(10-6-7-11-32(40)45-20-22-8-4-3-5-9-22)36-31(39)21-44-24-13-14-26-30(19-24)46(42,43)17-16-25-27-18-23(35)12-15-28(27)37-33(25)26/h3-5,8-9,12-15,18-19,29,37H,6-7,10-11,16-17,20-21H2,1-2H3,(H,36,39). The van der Waals surface area contributed by atoms with Gasteiger partial charge >= 0.3 is 5.97 Å². The summed E-state index contributed by atoms with van der Waals surface area (Å²) >= 11 is 0. The van der Waals surface area contributed by atoms with Gasteiger partial charge in [0.2, 0.25) is 5.91 Å². The predicted molar refractivity (Wildman–Crippen MR) is 170 cm³/mol. The van der Waals surface area contributed by atoms with Crippen molar-refractivity contribution < 1.29 is 36.7 Å². The van der Waals surface area contributed by atoms with Crippen LogP contribution >= 0.6 is 0 Å². The maximum Gasteiger partial charge on any atom is 0.306 e. The van der Waals surface area contributed by atoms with Gasteiger partial charge in [-0.15, -0.1) is 0 Å². The molecule has 1 atom stereocenters. The zero-order valence-electron chi connectivity index (χ0n) is 25.7. The van der Waals surface area contributed by atoms with E-state index in [4.69, 9.17) is 9.47 Å². The van der Waals surface area contributed by atoms with Crippen molar-refractivity contribution in [1.82, 2.24) is 15.2 Å². The summed E-state index contributed by atoms with van der Waals surface area (Å²) in [5.41, 5.74) is 3.38. The number of benzene rings is 3. The average Bonchev–Trinajstić information content (AvgIpc) is 3.35. The number of sulfone groups is 1. The Morgan fingerprint density at radius 1 is 1.02 bits per heavy atom. The second-order valence-corrected chi connectivity index (χ2v) is 13.5. The molecule has 0 saturated heterocycles. The first-order valence-electron chi connectivity index (χ1n) is 15.0. The van der Waals surface area contributed by atoms with Crippen molar-refractivity contribution in [2.24, 2.45) is 0 Å². The fraction of sp³-hybridized carbons (Fsp3) is 0.324. The third-order valence-electron chi connectivity index (χ3n) is 7.86. The zero-order chi connectivity index (χ0) is 32.8. The van der Waals surface area contributed by atoms with E-state index in [0.29, 0.717) is 41.4 Å². The number of H-pyrrole nitrogens is 1. The predicted octanol–water partition coefficient (Wildman–Crippen LogP) is 4.56. The van der Waals surface area contributed by atoms with Gasteiger partial charge in [-0.3, -0.25) is 14.4 Å². The van der Waals surface area contributed by atoms with Gasteiger partial charge in [-0.25, -0.2) is 12.8 Å². The lowest BCUT2D eigenvalue weighted by Crippen LogP contribution is -2.47. The quantitative estimate of drug-likeness (QED) is 0.170. The number of aromatic amines is 1. The fourth-order valence-corrected chi connectivity index (χ4v) is 6.99. The van der Waals surface area contributed by atoms with Crippen molar-refractivity contribution >= 4 is 38.5 Å². The number of fused-ring (bicyclic) bond motifs is 5. The van der Waals surface area contributed by atoms with Crippen molar-refractivity contribution in [3.05, 3.63) is 83.7 Å². The van der Waals surface area contributed by atoms with Crippen LogP contribution in [-0.2, 0) is 42.0 Å². The molecule has 0 fully saturated rings. The number of unbranched alkanes of at least 4 members (excludes halogenated alkanes) is 1. The SMILES string of the molecule is CN(C)C(=O)C(CCCCC(=O)OCc1ccccc1)NC(=O)COc1ccc2c(c1)S(=O)(=O)CCc1c-2[nH]c2ccc(F)cc12.